The first-order valence-electron chi connectivity index (χ1n) is 6.20. The number of hydrogen-bond acceptors (Lipinski definition) is 5. The summed E-state index contributed by atoms with van der Waals surface area (Å²) in [4.78, 5) is 10.9. The number of nitrogens with one attached hydrogen (secondary N) is 1. The molecule has 0 amide bonds. The van der Waals surface area contributed by atoms with Crippen molar-refractivity contribution in [2.24, 2.45) is 0 Å². The van der Waals surface area contributed by atoms with E-state index in [1.165, 1.54) is 0 Å². The molecule has 1 aliphatic rings. The molecular weight excluding hydrogens is 216 g/mol. The van der Waals surface area contributed by atoms with Crippen LogP contribution in [-0.4, -0.2) is 42.8 Å². The zero-order valence-corrected chi connectivity index (χ0v) is 10.5. The van der Waals surface area contributed by atoms with Crippen molar-refractivity contribution in [1.82, 2.24) is 15.3 Å². The first-order chi connectivity index (χ1) is 8.33. The number of ether oxygens (including phenoxy) is 1. The summed E-state index contributed by atoms with van der Waals surface area (Å²) < 4.78 is 5.49. The highest BCUT2D eigenvalue weighted by Crippen LogP contribution is 2.19. The van der Waals surface area contributed by atoms with Crippen molar-refractivity contribution in [2.45, 2.75) is 25.8 Å². The first-order valence-corrected chi connectivity index (χ1v) is 6.20. The molecule has 94 valence electrons. The van der Waals surface area contributed by atoms with E-state index in [4.69, 9.17) is 4.74 Å². The van der Waals surface area contributed by atoms with Crippen molar-refractivity contribution < 1.29 is 4.74 Å². The summed E-state index contributed by atoms with van der Waals surface area (Å²) in [7, 11) is 2.00. The van der Waals surface area contributed by atoms with Gasteiger partial charge in [0.15, 0.2) is 5.82 Å². The van der Waals surface area contributed by atoms with Gasteiger partial charge < -0.3 is 15.0 Å². The van der Waals surface area contributed by atoms with Gasteiger partial charge in [-0.3, -0.25) is 4.98 Å². The SMILES string of the molecule is CCCOc1cncc(N2CCC(NC)C2)n1. The molecule has 2 heterocycles. The molecule has 1 aromatic rings. The van der Waals surface area contributed by atoms with Crippen LogP contribution >= 0.6 is 0 Å². The summed E-state index contributed by atoms with van der Waals surface area (Å²) in [5, 5.41) is 3.29. The summed E-state index contributed by atoms with van der Waals surface area (Å²) in [6.07, 6.45) is 5.61. The Hall–Kier alpha value is -1.36. The number of likely N-dealkylation sites (N-methyl/N-ethyl adjacent to an activating group) is 1. The van der Waals surface area contributed by atoms with Crippen molar-refractivity contribution in [2.75, 3.05) is 31.6 Å². The maximum Gasteiger partial charge on any atom is 0.234 e. The Morgan fingerprint density at radius 3 is 3.12 bits per heavy atom. The van der Waals surface area contributed by atoms with Gasteiger partial charge in [0.25, 0.3) is 0 Å². The van der Waals surface area contributed by atoms with Gasteiger partial charge >= 0.3 is 0 Å². The molecular formula is C12H20N4O. The molecule has 1 aliphatic heterocycles. The zero-order valence-electron chi connectivity index (χ0n) is 10.5. The van der Waals surface area contributed by atoms with Gasteiger partial charge in [-0.05, 0) is 19.9 Å². The highest BCUT2D eigenvalue weighted by molar-refractivity contribution is 5.39. The van der Waals surface area contributed by atoms with Gasteiger partial charge in [-0.2, -0.15) is 4.98 Å². The lowest BCUT2D eigenvalue weighted by molar-refractivity contribution is 0.304. The second-order valence-corrected chi connectivity index (χ2v) is 4.28. The van der Waals surface area contributed by atoms with E-state index in [1.54, 1.807) is 12.4 Å². The quantitative estimate of drug-likeness (QED) is 0.828. The standard InChI is InChI=1S/C12H20N4O/c1-3-6-17-12-8-14-7-11(15-12)16-5-4-10(9-16)13-2/h7-8,10,13H,3-6,9H2,1-2H3. The third kappa shape index (κ3) is 3.06. The Kier molecular flexibility index (Phi) is 4.14. The van der Waals surface area contributed by atoms with E-state index in [1.807, 2.05) is 7.05 Å². The lowest BCUT2D eigenvalue weighted by atomic mass is 10.3. The second kappa shape index (κ2) is 5.82. The van der Waals surface area contributed by atoms with E-state index in [2.05, 4.69) is 27.1 Å². The third-order valence-corrected chi connectivity index (χ3v) is 2.97. The van der Waals surface area contributed by atoms with E-state index in [0.717, 1.165) is 31.7 Å². The topological polar surface area (TPSA) is 50.3 Å². The number of hydrogen-bond donors (Lipinski definition) is 1. The van der Waals surface area contributed by atoms with Crippen LogP contribution in [0, 0.1) is 0 Å². The molecule has 1 saturated heterocycles. The molecule has 1 unspecified atom stereocenters. The van der Waals surface area contributed by atoms with Crippen LogP contribution < -0.4 is 15.0 Å². The zero-order chi connectivity index (χ0) is 12.1. The maximum atomic E-state index is 5.49. The van der Waals surface area contributed by atoms with Gasteiger partial charge in [-0.25, -0.2) is 0 Å². The molecule has 1 aromatic heterocycles. The van der Waals surface area contributed by atoms with Crippen molar-refractivity contribution >= 4 is 5.82 Å². The van der Waals surface area contributed by atoms with E-state index < -0.39 is 0 Å². The Labute approximate surface area is 102 Å². The highest BCUT2D eigenvalue weighted by atomic mass is 16.5. The van der Waals surface area contributed by atoms with Crippen molar-refractivity contribution in [3.8, 4) is 5.88 Å². The van der Waals surface area contributed by atoms with Crippen LogP contribution in [-0.2, 0) is 0 Å². The summed E-state index contributed by atoms with van der Waals surface area (Å²) in [6.45, 7) is 4.78. The smallest absolute Gasteiger partial charge is 0.234 e. The summed E-state index contributed by atoms with van der Waals surface area (Å²) >= 11 is 0. The fourth-order valence-corrected chi connectivity index (χ4v) is 1.97. The molecule has 17 heavy (non-hydrogen) atoms. The van der Waals surface area contributed by atoms with Crippen LogP contribution in [0.3, 0.4) is 0 Å². The average Bonchev–Trinajstić information content (AvgIpc) is 2.85. The highest BCUT2D eigenvalue weighted by Gasteiger charge is 2.22. The predicted molar refractivity (Wildman–Crippen MR) is 67.5 cm³/mol. The number of rotatable bonds is 5. The van der Waals surface area contributed by atoms with Gasteiger partial charge in [0, 0.05) is 19.1 Å². The van der Waals surface area contributed by atoms with Crippen LogP contribution in [0.25, 0.3) is 0 Å². The molecule has 0 saturated carbocycles. The van der Waals surface area contributed by atoms with Gasteiger partial charge in [-0.15, -0.1) is 0 Å². The molecule has 5 nitrogen and oxygen atoms in total. The van der Waals surface area contributed by atoms with Crippen molar-refractivity contribution in [3.63, 3.8) is 0 Å². The number of nitrogens with zero attached hydrogens (tertiary/aromatic N) is 3. The summed E-state index contributed by atoms with van der Waals surface area (Å²) in [6, 6.07) is 0.553. The van der Waals surface area contributed by atoms with E-state index >= 15 is 0 Å². The Balaban J connectivity index is 2.01. The lowest BCUT2D eigenvalue weighted by Crippen LogP contribution is -2.29. The minimum Gasteiger partial charge on any atom is -0.477 e. The first kappa shape index (κ1) is 12.1. The van der Waals surface area contributed by atoms with E-state index in [9.17, 15) is 0 Å². The van der Waals surface area contributed by atoms with Gasteiger partial charge in [0.2, 0.25) is 5.88 Å². The Morgan fingerprint density at radius 1 is 1.53 bits per heavy atom. The van der Waals surface area contributed by atoms with Gasteiger partial charge in [0.05, 0.1) is 19.0 Å². The van der Waals surface area contributed by atoms with Crippen molar-refractivity contribution in [1.29, 1.82) is 0 Å². The van der Waals surface area contributed by atoms with Gasteiger partial charge in [0.1, 0.15) is 0 Å². The molecule has 2 rings (SSSR count). The lowest BCUT2D eigenvalue weighted by Gasteiger charge is -2.17. The Morgan fingerprint density at radius 2 is 2.41 bits per heavy atom. The molecule has 0 aliphatic carbocycles. The van der Waals surface area contributed by atoms with Crippen LogP contribution in [0.15, 0.2) is 12.4 Å². The third-order valence-electron chi connectivity index (χ3n) is 2.97. The van der Waals surface area contributed by atoms with Crippen LogP contribution in [0.2, 0.25) is 0 Å². The van der Waals surface area contributed by atoms with E-state index in [0.29, 0.717) is 18.5 Å². The fraction of sp³-hybridized carbons (Fsp3) is 0.667. The molecule has 0 aromatic carbocycles. The predicted octanol–water partition coefficient (Wildman–Crippen LogP) is 1.06. The molecule has 0 bridgehead atoms. The van der Waals surface area contributed by atoms with Crippen LogP contribution in [0.4, 0.5) is 5.82 Å². The molecule has 1 atom stereocenters. The minimum atomic E-state index is 0.553. The molecule has 0 spiro atoms. The largest absolute Gasteiger partial charge is 0.477 e. The van der Waals surface area contributed by atoms with Crippen LogP contribution in [0.5, 0.6) is 5.88 Å². The normalized spacial score (nSPS) is 19.6. The van der Waals surface area contributed by atoms with Crippen molar-refractivity contribution in [3.05, 3.63) is 12.4 Å². The number of anilines is 1. The average molecular weight is 236 g/mol. The maximum absolute atomic E-state index is 5.49. The summed E-state index contributed by atoms with van der Waals surface area (Å²) in [5.41, 5.74) is 0. The molecule has 1 fully saturated rings. The Bertz CT molecular complexity index is 358. The number of aromatic nitrogens is 2. The molecule has 0 radical (unpaired) electrons. The summed E-state index contributed by atoms with van der Waals surface area (Å²) in [5.74, 6) is 1.54. The second-order valence-electron chi connectivity index (χ2n) is 4.28. The van der Waals surface area contributed by atoms with Gasteiger partial charge in [-0.1, -0.05) is 6.92 Å². The molecule has 1 N–H and O–H groups in total. The minimum absolute atomic E-state index is 0.553. The van der Waals surface area contributed by atoms with Crippen LogP contribution in [0.1, 0.15) is 19.8 Å². The monoisotopic (exact) mass is 236 g/mol. The van der Waals surface area contributed by atoms with E-state index in [-0.39, 0.29) is 0 Å². The fourth-order valence-electron chi connectivity index (χ4n) is 1.97. The molecule has 5 heteroatoms.